The lowest BCUT2D eigenvalue weighted by Gasteiger charge is -2.19. The highest BCUT2D eigenvalue weighted by atomic mass is 35.5. The van der Waals surface area contributed by atoms with Crippen molar-refractivity contribution in [1.82, 2.24) is 5.32 Å². The van der Waals surface area contributed by atoms with E-state index in [1.807, 2.05) is 24.3 Å². The third kappa shape index (κ3) is 3.42. The largest absolute Gasteiger partial charge is 0.345 e. The molecule has 1 aliphatic carbocycles. The highest BCUT2D eigenvalue weighted by Crippen LogP contribution is 2.41. The normalized spacial score (nSPS) is 15.5. The number of rotatable bonds is 4. The molecule has 0 heterocycles. The number of amides is 1. The van der Waals surface area contributed by atoms with Gasteiger partial charge in [-0.05, 0) is 60.7 Å². The fraction of sp³-hybridized carbons (Fsp3) is 0.235. The van der Waals surface area contributed by atoms with Gasteiger partial charge in [-0.25, -0.2) is 4.39 Å². The predicted octanol–water partition coefficient (Wildman–Crippen LogP) is 4.36. The first kappa shape index (κ1) is 14.1. The molecule has 0 unspecified atom stereocenters. The Kier molecular flexibility index (Phi) is 3.93. The summed E-state index contributed by atoms with van der Waals surface area (Å²) in [5.74, 6) is -0.0552. The van der Waals surface area contributed by atoms with Crippen LogP contribution in [0.1, 0.15) is 34.8 Å². The monoisotopic (exact) mass is 303 g/mol. The smallest absolute Gasteiger partial charge is 0.251 e. The van der Waals surface area contributed by atoms with Crippen LogP contribution < -0.4 is 5.32 Å². The van der Waals surface area contributed by atoms with E-state index in [0.29, 0.717) is 16.5 Å². The van der Waals surface area contributed by atoms with Gasteiger partial charge in [0.2, 0.25) is 0 Å². The standard InChI is InChI=1S/C17H15ClFNO/c18-14-7-3-12(4-8-14)16(11-1-2-11)20-17(21)13-5-9-15(19)10-6-13/h3-11,16H,1-2H2,(H,20,21)/t16-/m0/s1. The van der Waals surface area contributed by atoms with E-state index >= 15 is 0 Å². The Morgan fingerprint density at radius 3 is 2.29 bits per heavy atom. The van der Waals surface area contributed by atoms with Crippen molar-refractivity contribution in [3.63, 3.8) is 0 Å². The van der Waals surface area contributed by atoms with Gasteiger partial charge in [-0.15, -0.1) is 0 Å². The zero-order chi connectivity index (χ0) is 14.8. The van der Waals surface area contributed by atoms with Crippen LogP contribution in [0.3, 0.4) is 0 Å². The van der Waals surface area contributed by atoms with Crippen LogP contribution in [0.15, 0.2) is 48.5 Å². The molecule has 1 aliphatic rings. The second-order valence-electron chi connectivity index (χ2n) is 5.35. The lowest BCUT2D eigenvalue weighted by atomic mass is 10.0. The Bertz CT molecular complexity index is 635. The maximum absolute atomic E-state index is 12.9. The number of carbonyl (C=O) groups excluding carboxylic acids is 1. The number of hydrogen-bond acceptors (Lipinski definition) is 1. The summed E-state index contributed by atoms with van der Waals surface area (Å²) in [4.78, 5) is 12.3. The number of nitrogens with one attached hydrogen (secondary N) is 1. The molecule has 21 heavy (non-hydrogen) atoms. The molecular weight excluding hydrogens is 289 g/mol. The second kappa shape index (κ2) is 5.86. The van der Waals surface area contributed by atoms with Gasteiger partial charge in [-0.1, -0.05) is 23.7 Å². The molecule has 1 atom stereocenters. The van der Waals surface area contributed by atoms with E-state index < -0.39 is 0 Å². The van der Waals surface area contributed by atoms with E-state index in [-0.39, 0.29) is 17.8 Å². The number of carbonyl (C=O) groups is 1. The molecule has 0 saturated heterocycles. The third-order valence-corrected chi connectivity index (χ3v) is 3.97. The van der Waals surface area contributed by atoms with Crippen molar-refractivity contribution in [2.75, 3.05) is 0 Å². The lowest BCUT2D eigenvalue weighted by molar-refractivity contribution is 0.0931. The second-order valence-corrected chi connectivity index (χ2v) is 5.78. The van der Waals surface area contributed by atoms with Crippen molar-refractivity contribution in [1.29, 1.82) is 0 Å². The van der Waals surface area contributed by atoms with E-state index in [1.54, 1.807) is 0 Å². The molecule has 2 aromatic rings. The molecule has 108 valence electrons. The van der Waals surface area contributed by atoms with E-state index in [0.717, 1.165) is 18.4 Å². The van der Waals surface area contributed by atoms with Gasteiger partial charge in [0, 0.05) is 10.6 Å². The minimum atomic E-state index is -0.344. The molecule has 3 rings (SSSR count). The summed E-state index contributed by atoms with van der Waals surface area (Å²) in [5.41, 5.74) is 1.52. The quantitative estimate of drug-likeness (QED) is 0.893. The van der Waals surface area contributed by atoms with Crippen molar-refractivity contribution in [2.24, 2.45) is 5.92 Å². The van der Waals surface area contributed by atoms with Crippen LogP contribution >= 0.6 is 11.6 Å². The first-order chi connectivity index (χ1) is 10.1. The van der Waals surface area contributed by atoms with Gasteiger partial charge < -0.3 is 5.32 Å². The summed E-state index contributed by atoms with van der Waals surface area (Å²) in [5, 5.41) is 3.72. The van der Waals surface area contributed by atoms with Crippen LogP contribution in [-0.2, 0) is 0 Å². The Labute approximate surface area is 127 Å². The molecule has 1 saturated carbocycles. The van der Waals surface area contributed by atoms with Gasteiger partial charge in [0.15, 0.2) is 0 Å². The molecule has 0 aromatic heterocycles. The van der Waals surface area contributed by atoms with E-state index in [9.17, 15) is 9.18 Å². The molecule has 0 spiro atoms. The highest BCUT2D eigenvalue weighted by molar-refractivity contribution is 6.30. The van der Waals surface area contributed by atoms with Crippen molar-refractivity contribution in [3.8, 4) is 0 Å². The molecule has 1 amide bonds. The van der Waals surface area contributed by atoms with Crippen molar-refractivity contribution in [3.05, 3.63) is 70.5 Å². The minimum absolute atomic E-state index is 0.0141. The first-order valence-corrected chi connectivity index (χ1v) is 7.33. The van der Waals surface area contributed by atoms with Gasteiger partial charge in [-0.2, -0.15) is 0 Å². The summed E-state index contributed by atoms with van der Waals surface area (Å²) in [6, 6.07) is 13.1. The summed E-state index contributed by atoms with van der Waals surface area (Å²) in [6.45, 7) is 0. The van der Waals surface area contributed by atoms with Gasteiger partial charge >= 0.3 is 0 Å². The Morgan fingerprint density at radius 1 is 1.10 bits per heavy atom. The molecule has 1 N–H and O–H groups in total. The van der Waals surface area contributed by atoms with Gasteiger partial charge in [0.1, 0.15) is 5.82 Å². The summed E-state index contributed by atoms with van der Waals surface area (Å²) in [7, 11) is 0. The maximum atomic E-state index is 12.9. The van der Waals surface area contributed by atoms with Crippen LogP contribution in [0.5, 0.6) is 0 Å². The van der Waals surface area contributed by atoms with E-state index in [2.05, 4.69) is 5.32 Å². The van der Waals surface area contributed by atoms with Crippen LogP contribution in [0.2, 0.25) is 5.02 Å². The van der Waals surface area contributed by atoms with Gasteiger partial charge in [0.25, 0.3) is 5.91 Å². The first-order valence-electron chi connectivity index (χ1n) is 6.95. The average Bonchev–Trinajstić information content (AvgIpc) is 3.31. The molecule has 2 aromatic carbocycles. The molecular formula is C17H15ClFNO. The molecule has 0 aliphatic heterocycles. The van der Waals surface area contributed by atoms with Crippen molar-refractivity contribution < 1.29 is 9.18 Å². The highest BCUT2D eigenvalue weighted by Gasteiger charge is 2.33. The minimum Gasteiger partial charge on any atom is -0.345 e. The topological polar surface area (TPSA) is 29.1 Å². The average molecular weight is 304 g/mol. The number of benzene rings is 2. The fourth-order valence-electron chi connectivity index (χ4n) is 2.40. The van der Waals surface area contributed by atoms with Crippen LogP contribution in [-0.4, -0.2) is 5.91 Å². The SMILES string of the molecule is O=C(N[C@H](c1ccc(Cl)cc1)C1CC1)c1ccc(F)cc1. The van der Waals surface area contributed by atoms with Gasteiger partial charge in [0.05, 0.1) is 6.04 Å². The molecule has 0 bridgehead atoms. The van der Waals surface area contributed by atoms with E-state index in [4.69, 9.17) is 11.6 Å². The molecule has 2 nitrogen and oxygen atoms in total. The maximum Gasteiger partial charge on any atom is 0.251 e. The van der Waals surface area contributed by atoms with Crippen LogP contribution in [0.4, 0.5) is 4.39 Å². The van der Waals surface area contributed by atoms with Crippen LogP contribution in [0.25, 0.3) is 0 Å². The summed E-state index contributed by atoms with van der Waals surface area (Å²) >= 11 is 5.91. The van der Waals surface area contributed by atoms with Gasteiger partial charge in [-0.3, -0.25) is 4.79 Å². The molecule has 4 heteroatoms. The fourth-order valence-corrected chi connectivity index (χ4v) is 2.52. The lowest BCUT2D eigenvalue weighted by Crippen LogP contribution is -2.29. The zero-order valence-electron chi connectivity index (χ0n) is 11.4. The Balaban J connectivity index is 1.77. The Hall–Kier alpha value is -1.87. The summed E-state index contributed by atoms with van der Waals surface area (Å²) < 4.78 is 12.9. The Morgan fingerprint density at radius 2 is 1.71 bits per heavy atom. The van der Waals surface area contributed by atoms with Crippen LogP contribution in [0, 0.1) is 11.7 Å². The number of hydrogen-bond donors (Lipinski definition) is 1. The zero-order valence-corrected chi connectivity index (χ0v) is 12.1. The summed E-state index contributed by atoms with van der Waals surface area (Å²) in [6.07, 6.45) is 2.22. The van der Waals surface area contributed by atoms with Crippen molar-refractivity contribution >= 4 is 17.5 Å². The van der Waals surface area contributed by atoms with E-state index in [1.165, 1.54) is 24.3 Å². The number of halogens is 2. The van der Waals surface area contributed by atoms with Crippen molar-refractivity contribution in [2.45, 2.75) is 18.9 Å². The molecule has 0 radical (unpaired) electrons. The third-order valence-electron chi connectivity index (χ3n) is 3.72. The predicted molar refractivity (Wildman–Crippen MR) is 80.8 cm³/mol. The molecule has 1 fully saturated rings.